The molecule has 0 bridgehead atoms. The van der Waals surface area contributed by atoms with Gasteiger partial charge in [0.1, 0.15) is 0 Å². The van der Waals surface area contributed by atoms with Crippen LogP contribution in [-0.2, 0) is 11.8 Å². The highest BCUT2D eigenvalue weighted by molar-refractivity contribution is 6.30. The van der Waals surface area contributed by atoms with Crippen molar-refractivity contribution in [1.29, 1.82) is 0 Å². The van der Waals surface area contributed by atoms with Crippen LogP contribution < -0.4 is 10.9 Å². The number of pyridine rings is 1. The second-order valence-corrected chi connectivity index (χ2v) is 8.82. The summed E-state index contributed by atoms with van der Waals surface area (Å²) in [6.45, 7) is 1.97. The van der Waals surface area contributed by atoms with Crippen molar-refractivity contribution in [2.24, 2.45) is 7.05 Å². The van der Waals surface area contributed by atoms with Crippen molar-refractivity contribution >= 4 is 40.6 Å². The standard InChI is InChI=1S/C26H26Cl2N2O3/c1-17-14-20(28)8-11-22(17)23(15-24(31)19-7-12-26(33)30(2)16-19)18-5-9-21(10-6-18)29-25(32)4-3-13-27/h5-12,14,16,23H,3-4,13,15H2,1-2H3,(H,29,32). The Balaban J connectivity index is 1.90. The number of Topliss-reactive ketones (excluding diaryl/α,β-unsaturated/α-hetero) is 1. The van der Waals surface area contributed by atoms with Crippen LogP contribution in [0.15, 0.2) is 65.6 Å². The summed E-state index contributed by atoms with van der Waals surface area (Å²) >= 11 is 11.8. The lowest BCUT2D eigenvalue weighted by Crippen LogP contribution is -2.18. The zero-order chi connectivity index (χ0) is 24.0. The number of anilines is 1. The highest BCUT2D eigenvalue weighted by atomic mass is 35.5. The van der Waals surface area contributed by atoms with Gasteiger partial charge in [-0.3, -0.25) is 14.4 Å². The molecule has 1 atom stereocenters. The lowest BCUT2D eigenvalue weighted by molar-refractivity contribution is -0.116. The minimum absolute atomic E-state index is 0.0663. The van der Waals surface area contributed by atoms with Gasteiger partial charge in [-0.05, 0) is 60.4 Å². The number of amides is 1. The van der Waals surface area contributed by atoms with Gasteiger partial charge in [0.25, 0.3) is 0 Å². The predicted octanol–water partition coefficient (Wildman–Crippen LogP) is 5.71. The number of benzene rings is 2. The Bertz CT molecular complexity index is 1200. The van der Waals surface area contributed by atoms with E-state index in [2.05, 4.69) is 5.32 Å². The first-order valence-electron chi connectivity index (χ1n) is 10.7. The van der Waals surface area contributed by atoms with E-state index in [0.717, 1.165) is 16.7 Å². The molecule has 3 rings (SSSR count). The first kappa shape index (κ1) is 24.7. The lowest BCUT2D eigenvalue weighted by Gasteiger charge is -2.20. The molecular formula is C26H26Cl2N2O3. The fourth-order valence-corrected chi connectivity index (χ4v) is 4.11. The Hall–Kier alpha value is -2.89. The zero-order valence-electron chi connectivity index (χ0n) is 18.6. The van der Waals surface area contributed by atoms with Crippen molar-refractivity contribution in [2.45, 2.75) is 32.1 Å². The van der Waals surface area contributed by atoms with Gasteiger partial charge < -0.3 is 9.88 Å². The van der Waals surface area contributed by atoms with Gasteiger partial charge in [0.05, 0.1) is 0 Å². The highest BCUT2D eigenvalue weighted by Gasteiger charge is 2.21. The van der Waals surface area contributed by atoms with Gasteiger partial charge in [0, 0.05) is 60.2 Å². The van der Waals surface area contributed by atoms with Crippen LogP contribution in [0, 0.1) is 6.92 Å². The van der Waals surface area contributed by atoms with E-state index < -0.39 is 0 Å². The molecule has 33 heavy (non-hydrogen) atoms. The Morgan fingerprint density at radius 2 is 1.79 bits per heavy atom. The number of nitrogens with zero attached hydrogens (tertiary/aromatic N) is 1. The number of ketones is 1. The van der Waals surface area contributed by atoms with E-state index in [1.165, 1.54) is 10.6 Å². The molecule has 1 N–H and O–H groups in total. The summed E-state index contributed by atoms with van der Waals surface area (Å²) in [5.74, 6) is 0.0766. The molecular weight excluding hydrogens is 459 g/mol. The molecule has 0 saturated carbocycles. The SMILES string of the molecule is Cc1cc(Cl)ccc1C(CC(=O)c1ccc(=O)n(C)c1)c1ccc(NC(=O)CCCCl)cc1. The van der Waals surface area contributed by atoms with Gasteiger partial charge >= 0.3 is 0 Å². The number of aryl methyl sites for hydroxylation is 2. The van der Waals surface area contributed by atoms with Gasteiger partial charge in [-0.15, -0.1) is 11.6 Å². The van der Waals surface area contributed by atoms with Crippen LogP contribution in [0.3, 0.4) is 0 Å². The largest absolute Gasteiger partial charge is 0.326 e. The summed E-state index contributed by atoms with van der Waals surface area (Å²) < 4.78 is 1.40. The molecule has 172 valence electrons. The fourth-order valence-electron chi connectivity index (χ4n) is 3.75. The zero-order valence-corrected chi connectivity index (χ0v) is 20.1. The summed E-state index contributed by atoms with van der Waals surface area (Å²) in [4.78, 5) is 36.8. The molecule has 1 amide bonds. The minimum atomic E-state index is -0.215. The maximum Gasteiger partial charge on any atom is 0.250 e. The number of halogens is 2. The van der Waals surface area contributed by atoms with Gasteiger partial charge in [-0.2, -0.15) is 0 Å². The van der Waals surface area contributed by atoms with Crippen LogP contribution in [0.25, 0.3) is 0 Å². The van der Waals surface area contributed by atoms with Crippen LogP contribution in [0.5, 0.6) is 0 Å². The molecule has 1 aromatic heterocycles. The fraction of sp³-hybridized carbons (Fsp3) is 0.269. The Labute approximate surface area is 203 Å². The van der Waals surface area contributed by atoms with Gasteiger partial charge in [-0.25, -0.2) is 0 Å². The highest BCUT2D eigenvalue weighted by Crippen LogP contribution is 2.33. The average molecular weight is 485 g/mol. The van der Waals surface area contributed by atoms with E-state index in [1.807, 2.05) is 49.4 Å². The molecule has 0 aliphatic heterocycles. The van der Waals surface area contributed by atoms with Gasteiger partial charge in [0.2, 0.25) is 11.5 Å². The van der Waals surface area contributed by atoms with Gasteiger partial charge in [-0.1, -0.05) is 29.8 Å². The molecule has 0 fully saturated rings. The number of carbonyl (C=O) groups excluding carboxylic acids is 2. The topological polar surface area (TPSA) is 68.2 Å². The monoisotopic (exact) mass is 484 g/mol. The first-order valence-corrected chi connectivity index (χ1v) is 11.6. The average Bonchev–Trinajstić information content (AvgIpc) is 2.79. The third-order valence-electron chi connectivity index (χ3n) is 5.54. The number of nitrogens with one attached hydrogen (secondary N) is 1. The van der Waals surface area contributed by atoms with Crippen LogP contribution in [0.4, 0.5) is 5.69 Å². The van der Waals surface area contributed by atoms with E-state index >= 15 is 0 Å². The van der Waals surface area contributed by atoms with Crippen molar-refractivity contribution in [3.05, 3.63) is 98.4 Å². The minimum Gasteiger partial charge on any atom is -0.326 e. The van der Waals surface area contributed by atoms with Crippen LogP contribution >= 0.6 is 23.2 Å². The molecule has 0 aliphatic carbocycles. The maximum atomic E-state index is 13.1. The molecule has 3 aromatic rings. The molecule has 0 radical (unpaired) electrons. The Morgan fingerprint density at radius 3 is 2.42 bits per heavy atom. The summed E-state index contributed by atoms with van der Waals surface area (Å²) in [6, 6.07) is 16.1. The second kappa shape index (κ2) is 11.3. The van der Waals surface area contributed by atoms with Crippen molar-refractivity contribution in [1.82, 2.24) is 4.57 Å². The molecule has 7 heteroatoms. The Kier molecular flexibility index (Phi) is 8.48. The quantitative estimate of drug-likeness (QED) is 0.312. The number of hydrogen-bond donors (Lipinski definition) is 1. The third-order valence-corrected chi connectivity index (χ3v) is 6.04. The smallest absolute Gasteiger partial charge is 0.250 e. The molecule has 1 heterocycles. The van der Waals surface area contributed by atoms with Crippen LogP contribution in [0.1, 0.15) is 52.2 Å². The first-order chi connectivity index (χ1) is 15.8. The number of carbonyl (C=O) groups is 2. The number of aromatic nitrogens is 1. The summed E-state index contributed by atoms with van der Waals surface area (Å²) in [7, 11) is 1.63. The third kappa shape index (κ3) is 6.56. The van der Waals surface area contributed by atoms with Crippen LogP contribution in [-0.4, -0.2) is 22.1 Å². The normalized spacial score (nSPS) is 11.8. The number of rotatable bonds is 9. The second-order valence-electron chi connectivity index (χ2n) is 8.01. The summed E-state index contributed by atoms with van der Waals surface area (Å²) in [5, 5.41) is 3.50. The molecule has 0 saturated heterocycles. The van der Waals surface area contributed by atoms with E-state index in [1.54, 1.807) is 19.3 Å². The van der Waals surface area contributed by atoms with E-state index in [-0.39, 0.29) is 29.6 Å². The maximum absolute atomic E-state index is 13.1. The molecule has 0 spiro atoms. The number of alkyl halides is 1. The van der Waals surface area contributed by atoms with Gasteiger partial charge in [0.15, 0.2) is 5.78 Å². The molecule has 0 aliphatic rings. The van der Waals surface area contributed by atoms with E-state index in [0.29, 0.717) is 35.0 Å². The van der Waals surface area contributed by atoms with E-state index in [9.17, 15) is 14.4 Å². The predicted molar refractivity (Wildman–Crippen MR) is 134 cm³/mol. The summed E-state index contributed by atoms with van der Waals surface area (Å²) in [6.07, 6.45) is 2.78. The van der Waals surface area contributed by atoms with Crippen molar-refractivity contribution in [3.8, 4) is 0 Å². The lowest BCUT2D eigenvalue weighted by atomic mass is 9.84. The molecule has 1 unspecified atom stereocenters. The van der Waals surface area contributed by atoms with Crippen LogP contribution in [0.2, 0.25) is 5.02 Å². The Morgan fingerprint density at radius 1 is 1.06 bits per heavy atom. The van der Waals surface area contributed by atoms with Crippen molar-refractivity contribution < 1.29 is 9.59 Å². The molecule has 2 aromatic carbocycles. The number of hydrogen-bond acceptors (Lipinski definition) is 3. The van der Waals surface area contributed by atoms with E-state index in [4.69, 9.17) is 23.2 Å². The summed E-state index contributed by atoms with van der Waals surface area (Å²) in [5.41, 5.74) is 3.93. The molecule has 5 nitrogen and oxygen atoms in total. The van der Waals surface area contributed by atoms with Crippen molar-refractivity contribution in [2.75, 3.05) is 11.2 Å². The van der Waals surface area contributed by atoms with Crippen molar-refractivity contribution in [3.63, 3.8) is 0 Å².